The molecule has 0 aliphatic carbocycles. The van der Waals surface area contributed by atoms with Crippen molar-refractivity contribution in [2.75, 3.05) is 0 Å². The molecule has 18 aromatic carbocycles. The SMILES string of the molecule is c1ccc(-c2cccc(-n3c4ccccc4c4c(-c5cccc6c5c5ccccc5n6-c5cc(-c6ccccc6)cc(-c6ccccc6)c5)cccc43)c2)cc1.c1ccc(-c2cccc(-n3c4ccccc4c4c(-c5cccc6c5c5ccccc5n6-c5ccc(-c6ccccc6)c(-c6ccccc6)c5)cccc43)c2)cc1. The third-order valence-electron chi connectivity index (χ3n) is 22.6. The lowest BCUT2D eigenvalue weighted by molar-refractivity contribution is 1.18. The summed E-state index contributed by atoms with van der Waals surface area (Å²) >= 11 is 0. The molecule has 22 aromatic rings. The first-order valence-electron chi connectivity index (χ1n) is 38.5. The lowest BCUT2D eigenvalue weighted by Crippen LogP contribution is -1.96. The predicted octanol–water partition coefficient (Wildman–Crippen LogP) is 29.1. The van der Waals surface area contributed by atoms with Crippen molar-refractivity contribution in [3.8, 4) is 112 Å². The van der Waals surface area contributed by atoms with Crippen molar-refractivity contribution < 1.29 is 0 Å². The van der Waals surface area contributed by atoms with Crippen LogP contribution in [0.2, 0.25) is 0 Å². The van der Waals surface area contributed by atoms with Gasteiger partial charge in [-0.3, -0.25) is 0 Å². The van der Waals surface area contributed by atoms with Gasteiger partial charge in [-0.2, -0.15) is 0 Å². The average molecular weight is 1430 g/mol. The van der Waals surface area contributed by atoms with E-state index in [0.717, 1.165) is 22.7 Å². The number of hydrogen-bond acceptors (Lipinski definition) is 0. The molecule has 112 heavy (non-hydrogen) atoms. The first kappa shape index (κ1) is 65.5. The van der Waals surface area contributed by atoms with Gasteiger partial charge in [0, 0.05) is 65.8 Å². The summed E-state index contributed by atoms with van der Waals surface area (Å²) in [6.45, 7) is 0. The van der Waals surface area contributed by atoms with Gasteiger partial charge in [-0.1, -0.05) is 334 Å². The molecular weight excluding hydrogens is 1350 g/mol. The Bertz CT molecular complexity index is 7270. The highest BCUT2D eigenvalue weighted by Gasteiger charge is 2.25. The summed E-state index contributed by atoms with van der Waals surface area (Å²) in [5, 5.41) is 9.99. The van der Waals surface area contributed by atoms with Crippen LogP contribution in [0, 0.1) is 0 Å². The zero-order valence-corrected chi connectivity index (χ0v) is 61.4. The predicted molar refractivity (Wildman–Crippen MR) is 474 cm³/mol. The standard InChI is InChI=1S/2C54H36N2/c1-4-17-37(18-5-1)40-23-14-24-43(34-40)55-49-29-12-10-25-47(49)53-45(27-15-31-51(53)55)46-28-16-32-52-54(46)48-26-11-13-30-50(48)56(52)44-35-41(38-19-6-2-7-20-38)33-42(36-44)39-21-8-3-9-22-39;1-4-17-37(18-5-1)40-23-14-24-41(35-40)55-49-29-12-10-25-46(49)53-44(27-15-31-51(53)55)45-28-16-32-52-54(45)47-26-11-13-30-50(47)56(52)42-33-34-43(38-19-6-2-7-20-38)48(36-42)39-21-8-3-9-22-39/h2*1-36H. The Hall–Kier alpha value is -14.8. The molecule has 4 heteroatoms. The Morgan fingerprint density at radius 1 is 0.116 bits per heavy atom. The van der Waals surface area contributed by atoms with Gasteiger partial charge in [0.1, 0.15) is 0 Å². The molecule has 0 saturated heterocycles. The Labute approximate surface area is 649 Å². The van der Waals surface area contributed by atoms with Gasteiger partial charge in [-0.05, 0) is 192 Å². The van der Waals surface area contributed by atoms with Gasteiger partial charge >= 0.3 is 0 Å². The summed E-state index contributed by atoms with van der Waals surface area (Å²) in [7, 11) is 0. The average Bonchev–Trinajstić information content (AvgIpc) is 1.57. The molecular formula is C108H72N4. The normalized spacial score (nSPS) is 11.6. The van der Waals surface area contributed by atoms with E-state index < -0.39 is 0 Å². The molecule has 0 N–H and O–H groups in total. The maximum atomic E-state index is 2.46. The monoisotopic (exact) mass is 1420 g/mol. The van der Waals surface area contributed by atoms with Crippen LogP contribution in [0.15, 0.2) is 437 Å². The van der Waals surface area contributed by atoms with E-state index in [0.29, 0.717) is 0 Å². The second-order valence-corrected chi connectivity index (χ2v) is 29.0. The van der Waals surface area contributed by atoms with Crippen LogP contribution in [0.1, 0.15) is 0 Å². The minimum absolute atomic E-state index is 1.14. The fourth-order valence-electron chi connectivity index (χ4n) is 17.7. The number of fused-ring (bicyclic) bond motifs is 12. The largest absolute Gasteiger partial charge is 0.309 e. The summed E-state index contributed by atoms with van der Waals surface area (Å²) in [6.07, 6.45) is 0. The van der Waals surface area contributed by atoms with E-state index in [-0.39, 0.29) is 0 Å². The van der Waals surface area contributed by atoms with Crippen molar-refractivity contribution >= 4 is 87.2 Å². The second kappa shape index (κ2) is 27.7. The Kier molecular flexibility index (Phi) is 16.2. The molecule has 4 aromatic heterocycles. The molecule has 0 bridgehead atoms. The van der Waals surface area contributed by atoms with Crippen molar-refractivity contribution in [3.05, 3.63) is 437 Å². The van der Waals surface area contributed by atoms with E-state index in [4.69, 9.17) is 0 Å². The number of hydrogen-bond donors (Lipinski definition) is 0. The summed E-state index contributed by atoms with van der Waals surface area (Å²) in [4.78, 5) is 0. The lowest BCUT2D eigenvalue weighted by atomic mass is 9.94. The van der Waals surface area contributed by atoms with E-state index >= 15 is 0 Å². The fraction of sp³-hybridized carbons (Fsp3) is 0. The first-order valence-corrected chi connectivity index (χ1v) is 38.5. The van der Waals surface area contributed by atoms with E-state index in [1.54, 1.807) is 0 Å². The molecule has 4 nitrogen and oxygen atoms in total. The Balaban J connectivity index is 0.000000141. The quantitative estimate of drug-likeness (QED) is 0.116. The summed E-state index contributed by atoms with van der Waals surface area (Å²) < 4.78 is 9.78. The van der Waals surface area contributed by atoms with Crippen molar-refractivity contribution in [1.82, 2.24) is 18.3 Å². The van der Waals surface area contributed by atoms with Gasteiger partial charge in [0.15, 0.2) is 0 Å². The molecule has 0 saturated carbocycles. The molecule has 0 radical (unpaired) electrons. The third kappa shape index (κ3) is 11.2. The number of rotatable bonds is 12. The van der Waals surface area contributed by atoms with Gasteiger partial charge in [-0.15, -0.1) is 0 Å². The highest BCUT2D eigenvalue weighted by Crippen LogP contribution is 2.48. The summed E-state index contributed by atoms with van der Waals surface area (Å²) in [6, 6.07) is 159. The molecule has 0 amide bonds. The van der Waals surface area contributed by atoms with Crippen LogP contribution in [-0.2, 0) is 0 Å². The van der Waals surface area contributed by atoms with Gasteiger partial charge in [0.25, 0.3) is 0 Å². The van der Waals surface area contributed by atoms with Crippen LogP contribution >= 0.6 is 0 Å². The van der Waals surface area contributed by atoms with E-state index in [2.05, 4.69) is 455 Å². The summed E-state index contributed by atoms with van der Waals surface area (Å²) in [5.74, 6) is 0. The number of nitrogens with zero attached hydrogens (tertiary/aromatic N) is 4. The van der Waals surface area contributed by atoms with Crippen molar-refractivity contribution in [2.45, 2.75) is 0 Å². The van der Waals surface area contributed by atoms with Crippen molar-refractivity contribution in [2.24, 2.45) is 0 Å². The van der Waals surface area contributed by atoms with Gasteiger partial charge in [-0.25, -0.2) is 0 Å². The fourth-order valence-corrected chi connectivity index (χ4v) is 17.7. The number of aromatic nitrogens is 4. The van der Waals surface area contributed by atoms with Gasteiger partial charge in [0.05, 0.1) is 44.1 Å². The van der Waals surface area contributed by atoms with Crippen LogP contribution in [0.25, 0.3) is 199 Å². The van der Waals surface area contributed by atoms with Gasteiger partial charge < -0.3 is 18.3 Å². The zero-order chi connectivity index (χ0) is 74.0. The minimum atomic E-state index is 1.14. The van der Waals surface area contributed by atoms with Crippen LogP contribution in [0.4, 0.5) is 0 Å². The molecule has 4 heterocycles. The van der Waals surface area contributed by atoms with E-state index in [9.17, 15) is 0 Å². The van der Waals surface area contributed by atoms with Crippen molar-refractivity contribution in [3.63, 3.8) is 0 Å². The molecule has 0 aliphatic rings. The lowest BCUT2D eigenvalue weighted by Gasteiger charge is -2.15. The molecule has 0 spiro atoms. The topological polar surface area (TPSA) is 19.7 Å². The maximum Gasteiger partial charge on any atom is 0.0547 e. The van der Waals surface area contributed by atoms with Crippen molar-refractivity contribution in [1.29, 1.82) is 0 Å². The molecule has 0 atom stereocenters. The minimum Gasteiger partial charge on any atom is -0.309 e. The first-order chi connectivity index (χ1) is 55.6. The number of para-hydroxylation sites is 4. The smallest absolute Gasteiger partial charge is 0.0547 e. The zero-order valence-electron chi connectivity index (χ0n) is 61.4. The van der Waals surface area contributed by atoms with E-state index in [1.807, 2.05) is 0 Å². The third-order valence-corrected chi connectivity index (χ3v) is 22.6. The van der Waals surface area contributed by atoms with Gasteiger partial charge in [0.2, 0.25) is 0 Å². The van der Waals surface area contributed by atoms with Crippen LogP contribution in [0.5, 0.6) is 0 Å². The highest BCUT2D eigenvalue weighted by molar-refractivity contribution is 6.24. The number of benzene rings is 18. The highest BCUT2D eigenvalue weighted by atomic mass is 15.0. The molecule has 0 aliphatic heterocycles. The molecule has 22 rings (SSSR count). The van der Waals surface area contributed by atoms with Crippen LogP contribution < -0.4 is 0 Å². The second-order valence-electron chi connectivity index (χ2n) is 29.0. The molecule has 524 valence electrons. The molecule has 0 fully saturated rings. The maximum absolute atomic E-state index is 2.46. The van der Waals surface area contributed by atoms with E-state index in [1.165, 1.54) is 176 Å². The Morgan fingerprint density at radius 2 is 0.357 bits per heavy atom. The molecule has 0 unspecified atom stereocenters. The van der Waals surface area contributed by atoms with Crippen LogP contribution in [0.3, 0.4) is 0 Å². The Morgan fingerprint density at radius 3 is 0.696 bits per heavy atom. The van der Waals surface area contributed by atoms with Crippen LogP contribution in [-0.4, -0.2) is 18.3 Å². The summed E-state index contributed by atoms with van der Waals surface area (Å²) in [5.41, 5.74) is 33.5.